The van der Waals surface area contributed by atoms with Gasteiger partial charge in [0.05, 0.1) is 18.7 Å². The van der Waals surface area contributed by atoms with Crippen LogP contribution in [0.4, 0.5) is 0 Å². The van der Waals surface area contributed by atoms with Gasteiger partial charge in [-0.1, -0.05) is 30.3 Å². The van der Waals surface area contributed by atoms with Crippen LogP contribution in [0.5, 0.6) is 0 Å². The second-order valence-electron chi connectivity index (χ2n) is 5.87. The molecule has 0 amide bonds. The van der Waals surface area contributed by atoms with Crippen LogP contribution in [0.25, 0.3) is 0 Å². The first kappa shape index (κ1) is 15.0. The number of ether oxygens (including phenoxy) is 1. The number of aromatic nitrogens is 1. The summed E-state index contributed by atoms with van der Waals surface area (Å²) in [5, 5.41) is 0. The van der Waals surface area contributed by atoms with Crippen LogP contribution < -0.4 is 11.3 Å². The van der Waals surface area contributed by atoms with Crippen molar-refractivity contribution in [3.05, 3.63) is 69.6 Å². The Morgan fingerprint density at radius 3 is 2.73 bits per heavy atom. The van der Waals surface area contributed by atoms with Crippen molar-refractivity contribution >= 4 is 0 Å². The van der Waals surface area contributed by atoms with Crippen molar-refractivity contribution in [1.82, 2.24) is 4.57 Å². The van der Waals surface area contributed by atoms with Crippen LogP contribution in [0, 0.1) is 6.92 Å². The Hall–Kier alpha value is -1.91. The third-order valence-electron chi connectivity index (χ3n) is 4.33. The summed E-state index contributed by atoms with van der Waals surface area (Å²) >= 11 is 0. The van der Waals surface area contributed by atoms with E-state index in [9.17, 15) is 4.79 Å². The highest BCUT2D eigenvalue weighted by Gasteiger charge is 2.20. The largest absolute Gasteiger partial charge is 0.376 e. The van der Waals surface area contributed by atoms with Gasteiger partial charge in [-0.2, -0.15) is 0 Å². The summed E-state index contributed by atoms with van der Waals surface area (Å²) in [6.07, 6.45) is 2.22. The Labute approximate surface area is 130 Å². The molecule has 0 spiro atoms. The van der Waals surface area contributed by atoms with E-state index in [2.05, 4.69) is 0 Å². The van der Waals surface area contributed by atoms with Crippen molar-refractivity contribution in [1.29, 1.82) is 0 Å². The van der Waals surface area contributed by atoms with E-state index < -0.39 is 6.04 Å². The van der Waals surface area contributed by atoms with E-state index in [1.54, 1.807) is 4.57 Å². The number of pyridine rings is 1. The molecule has 1 aromatic heterocycles. The normalized spacial score (nSPS) is 19.3. The van der Waals surface area contributed by atoms with Gasteiger partial charge in [0.1, 0.15) is 0 Å². The molecular weight excluding hydrogens is 276 g/mol. The number of hydrogen-bond donors (Lipinski definition) is 1. The van der Waals surface area contributed by atoms with E-state index in [-0.39, 0.29) is 11.7 Å². The van der Waals surface area contributed by atoms with Gasteiger partial charge < -0.3 is 15.0 Å². The molecule has 4 heteroatoms. The Kier molecular flexibility index (Phi) is 4.41. The maximum Gasteiger partial charge on any atom is 0.255 e. The first-order chi connectivity index (χ1) is 10.7. The lowest BCUT2D eigenvalue weighted by molar-refractivity contribution is 0.0955. The van der Waals surface area contributed by atoms with E-state index in [0.29, 0.717) is 12.1 Å². The summed E-state index contributed by atoms with van der Waals surface area (Å²) in [7, 11) is 0. The molecule has 3 rings (SSSR count). The van der Waals surface area contributed by atoms with Crippen LogP contribution in [-0.4, -0.2) is 17.3 Å². The molecule has 1 aliphatic rings. The molecular formula is C18H22N2O2. The Balaban J connectivity index is 1.94. The van der Waals surface area contributed by atoms with Crippen molar-refractivity contribution in [2.24, 2.45) is 5.73 Å². The second-order valence-corrected chi connectivity index (χ2v) is 5.87. The third kappa shape index (κ3) is 2.98. The zero-order valence-corrected chi connectivity index (χ0v) is 12.9. The highest BCUT2D eigenvalue weighted by molar-refractivity contribution is 5.30. The molecule has 2 atom stereocenters. The number of benzene rings is 1. The zero-order valence-electron chi connectivity index (χ0n) is 12.9. The molecule has 22 heavy (non-hydrogen) atoms. The number of rotatable bonds is 4. The van der Waals surface area contributed by atoms with Crippen molar-refractivity contribution in [3.8, 4) is 0 Å². The van der Waals surface area contributed by atoms with Gasteiger partial charge in [-0.05, 0) is 37.5 Å². The van der Waals surface area contributed by atoms with Gasteiger partial charge in [-0.15, -0.1) is 0 Å². The van der Waals surface area contributed by atoms with Crippen molar-refractivity contribution in [3.63, 3.8) is 0 Å². The standard InChI is InChI=1S/C18H22N2O2/c1-13-9-10-16(17(19)14-6-3-2-4-7-14)18(21)20(13)12-15-8-5-11-22-15/h2-4,6-7,9-10,15,17H,5,8,11-12,19H2,1H3. The van der Waals surface area contributed by atoms with Gasteiger partial charge >= 0.3 is 0 Å². The van der Waals surface area contributed by atoms with Gasteiger partial charge in [0.15, 0.2) is 0 Å². The van der Waals surface area contributed by atoms with Crippen molar-refractivity contribution in [2.45, 2.75) is 38.5 Å². The topological polar surface area (TPSA) is 57.2 Å². The lowest BCUT2D eigenvalue weighted by Crippen LogP contribution is -2.33. The van der Waals surface area contributed by atoms with E-state index >= 15 is 0 Å². The summed E-state index contributed by atoms with van der Waals surface area (Å²) in [4.78, 5) is 12.8. The van der Waals surface area contributed by atoms with Crippen LogP contribution in [-0.2, 0) is 11.3 Å². The van der Waals surface area contributed by atoms with Crippen molar-refractivity contribution < 1.29 is 4.74 Å². The average Bonchev–Trinajstić information content (AvgIpc) is 3.05. The Morgan fingerprint density at radius 2 is 2.05 bits per heavy atom. The van der Waals surface area contributed by atoms with Gasteiger partial charge in [0.2, 0.25) is 0 Å². The Bertz CT molecular complexity index is 688. The molecule has 1 saturated heterocycles. The molecule has 2 N–H and O–H groups in total. The van der Waals surface area contributed by atoms with Gasteiger partial charge in [0, 0.05) is 17.9 Å². The number of nitrogens with two attached hydrogens (primary N) is 1. The molecule has 0 bridgehead atoms. The van der Waals surface area contributed by atoms with Crippen LogP contribution in [0.15, 0.2) is 47.3 Å². The van der Waals surface area contributed by atoms with Gasteiger partial charge in [0.25, 0.3) is 5.56 Å². The molecule has 0 saturated carbocycles. The molecule has 2 heterocycles. The minimum absolute atomic E-state index is 0.00754. The third-order valence-corrected chi connectivity index (χ3v) is 4.33. The summed E-state index contributed by atoms with van der Waals surface area (Å²) in [6, 6.07) is 13.1. The molecule has 0 aliphatic carbocycles. The maximum absolute atomic E-state index is 12.8. The molecule has 116 valence electrons. The lowest BCUT2D eigenvalue weighted by atomic mass is 10.0. The fraction of sp³-hybridized carbons (Fsp3) is 0.389. The quantitative estimate of drug-likeness (QED) is 0.943. The molecule has 2 aromatic rings. The lowest BCUT2D eigenvalue weighted by Gasteiger charge is -2.18. The maximum atomic E-state index is 12.8. The van der Waals surface area contributed by atoms with Crippen LogP contribution in [0.1, 0.15) is 35.7 Å². The van der Waals surface area contributed by atoms with E-state index in [1.807, 2.05) is 49.4 Å². The van der Waals surface area contributed by atoms with Gasteiger partial charge in [-0.3, -0.25) is 4.79 Å². The number of hydrogen-bond acceptors (Lipinski definition) is 3. The summed E-state index contributed by atoms with van der Waals surface area (Å²) in [5.74, 6) is 0. The summed E-state index contributed by atoms with van der Waals surface area (Å²) in [5.41, 5.74) is 8.83. The minimum Gasteiger partial charge on any atom is -0.376 e. The minimum atomic E-state index is -0.398. The predicted octanol–water partition coefficient (Wildman–Crippen LogP) is 2.38. The molecule has 2 unspecified atom stereocenters. The van der Waals surface area contributed by atoms with E-state index in [1.165, 1.54) is 0 Å². The summed E-state index contributed by atoms with van der Waals surface area (Å²) < 4.78 is 7.46. The SMILES string of the molecule is Cc1ccc(C(N)c2ccccc2)c(=O)n1CC1CCCO1. The average molecular weight is 298 g/mol. The molecule has 1 fully saturated rings. The van der Waals surface area contributed by atoms with Crippen molar-refractivity contribution in [2.75, 3.05) is 6.61 Å². The molecule has 4 nitrogen and oxygen atoms in total. The monoisotopic (exact) mass is 298 g/mol. The first-order valence-electron chi connectivity index (χ1n) is 7.79. The number of aryl methyl sites for hydroxylation is 1. The number of nitrogens with zero attached hydrogens (tertiary/aromatic N) is 1. The molecule has 1 aromatic carbocycles. The molecule has 1 aliphatic heterocycles. The van der Waals surface area contributed by atoms with E-state index in [4.69, 9.17) is 10.5 Å². The fourth-order valence-corrected chi connectivity index (χ4v) is 2.98. The van der Waals surface area contributed by atoms with Crippen LogP contribution in [0.2, 0.25) is 0 Å². The fourth-order valence-electron chi connectivity index (χ4n) is 2.98. The Morgan fingerprint density at radius 1 is 1.27 bits per heavy atom. The highest BCUT2D eigenvalue weighted by Crippen LogP contribution is 2.18. The highest BCUT2D eigenvalue weighted by atomic mass is 16.5. The van der Waals surface area contributed by atoms with E-state index in [0.717, 1.165) is 30.7 Å². The first-order valence-corrected chi connectivity index (χ1v) is 7.79. The predicted molar refractivity (Wildman–Crippen MR) is 86.9 cm³/mol. The second kappa shape index (κ2) is 6.46. The van der Waals surface area contributed by atoms with Crippen LogP contribution in [0.3, 0.4) is 0 Å². The smallest absolute Gasteiger partial charge is 0.255 e. The summed E-state index contributed by atoms with van der Waals surface area (Å²) in [6.45, 7) is 3.36. The zero-order chi connectivity index (χ0) is 15.5. The molecule has 0 radical (unpaired) electrons. The van der Waals surface area contributed by atoms with Crippen LogP contribution >= 0.6 is 0 Å². The van der Waals surface area contributed by atoms with Gasteiger partial charge in [-0.25, -0.2) is 0 Å².